The van der Waals surface area contributed by atoms with Crippen LogP contribution in [0.4, 0.5) is 0 Å². The zero-order valence-corrected chi connectivity index (χ0v) is 12.9. The molecule has 0 heterocycles. The minimum atomic E-state index is -0.495. The van der Waals surface area contributed by atoms with Crippen molar-refractivity contribution in [2.75, 3.05) is 0 Å². The van der Waals surface area contributed by atoms with Gasteiger partial charge < -0.3 is 10.1 Å². The molecule has 0 aliphatic carbocycles. The minimum absolute atomic E-state index is 0.0656. The molecule has 0 fully saturated rings. The summed E-state index contributed by atoms with van der Waals surface area (Å²) in [6.07, 6.45) is 1.54. The first-order valence-corrected chi connectivity index (χ1v) is 7.56. The Morgan fingerprint density at radius 1 is 1.14 bits per heavy atom. The number of carbonyl (C=O) groups excluding carboxylic acids is 1. The molecule has 112 valence electrons. The first kappa shape index (κ1) is 15.4. The third-order valence-electron chi connectivity index (χ3n) is 3.51. The number of amides is 1. The van der Waals surface area contributed by atoms with Gasteiger partial charge in [0.1, 0.15) is 5.75 Å². The van der Waals surface area contributed by atoms with E-state index >= 15 is 0 Å². The van der Waals surface area contributed by atoms with Gasteiger partial charge in [-0.15, -0.1) is 0 Å². The van der Waals surface area contributed by atoms with E-state index in [0.717, 1.165) is 24.0 Å². The second kappa shape index (κ2) is 7.11. The Kier molecular flexibility index (Phi) is 5.20. The van der Waals surface area contributed by atoms with E-state index in [1.807, 2.05) is 43.3 Å². The molecule has 0 unspecified atom stereocenters. The van der Waals surface area contributed by atoms with Gasteiger partial charge in [0.2, 0.25) is 0 Å². The van der Waals surface area contributed by atoms with E-state index in [1.165, 1.54) is 5.39 Å². The molecular formula is C18H23NO2. The van der Waals surface area contributed by atoms with E-state index in [2.05, 4.69) is 18.3 Å². The fourth-order valence-electron chi connectivity index (χ4n) is 2.36. The highest BCUT2D eigenvalue weighted by Crippen LogP contribution is 2.21. The molecule has 3 nitrogen and oxygen atoms in total. The molecule has 1 N–H and O–H groups in total. The van der Waals surface area contributed by atoms with Crippen LogP contribution in [0, 0.1) is 0 Å². The second-order valence-electron chi connectivity index (χ2n) is 5.47. The van der Waals surface area contributed by atoms with E-state index in [-0.39, 0.29) is 11.9 Å². The zero-order chi connectivity index (χ0) is 15.2. The normalized spacial score (nSPS) is 13.7. The highest BCUT2D eigenvalue weighted by atomic mass is 16.5. The van der Waals surface area contributed by atoms with E-state index in [9.17, 15) is 4.79 Å². The van der Waals surface area contributed by atoms with Gasteiger partial charge in [0.25, 0.3) is 5.91 Å². The van der Waals surface area contributed by atoms with Crippen molar-refractivity contribution in [3.63, 3.8) is 0 Å². The number of fused-ring (bicyclic) bond motifs is 1. The molecule has 0 bridgehead atoms. The lowest BCUT2D eigenvalue weighted by Gasteiger charge is -2.18. The average Bonchev–Trinajstić information content (AvgIpc) is 2.47. The van der Waals surface area contributed by atoms with Crippen LogP contribution in [-0.2, 0) is 4.79 Å². The highest BCUT2D eigenvalue weighted by molar-refractivity contribution is 5.84. The summed E-state index contributed by atoms with van der Waals surface area (Å²) in [6, 6.07) is 14.2. The van der Waals surface area contributed by atoms with E-state index in [0.29, 0.717) is 0 Å². The molecular weight excluding hydrogens is 262 g/mol. The van der Waals surface area contributed by atoms with Crippen LogP contribution in [0.5, 0.6) is 5.75 Å². The largest absolute Gasteiger partial charge is 0.481 e. The highest BCUT2D eigenvalue weighted by Gasteiger charge is 2.16. The summed E-state index contributed by atoms with van der Waals surface area (Å²) in [7, 11) is 0. The van der Waals surface area contributed by atoms with Crippen LogP contribution >= 0.6 is 0 Å². The van der Waals surface area contributed by atoms with Crippen LogP contribution < -0.4 is 10.1 Å². The number of carbonyl (C=O) groups is 1. The van der Waals surface area contributed by atoms with Crippen LogP contribution in [0.3, 0.4) is 0 Å². The second-order valence-corrected chi connectivity index (χ2v) is 5.47. The molecule has 0 aliphatic heterocycles. The van der Waals surface area contributed by atoms with Gasteiger partial charge in [-0.3, -0.25) is 4.79 Å². The van der Waals surface area contributed by atoms with Gasteiger partial charge in [-0.05, 0) is 43.2 Å². The van der Waals surface area contributed by atoms with E-state index < -0.39 is 6.10 Å². The van der Waals surface area contributed by atoms with Crippen LogP contribution in [0.25, 0.3) is 10.8 Å². The van der Waals surface area contributed by atoms with Gasteiger partial charge in [0.15, 0.2) is 6.10 Å². The maximum Gasteiger partial charge on any atom is 0.260 e. The van der Waals surface area contributed by atoms with Crippen molar-refractivity contribution in [1.29, 1.82) is 0 Å². The van der Waals surface area contributed by atoms with Gasteiger partial charge in [0.05, 0.1) is 0 Å². The van der Waals surface area contributed by atoms with Crippen molar-refractivity contribution in [2.24, 2.45) is 0 Å². The summed E-state index contributed by atoms with van der Waals surface area (Å²) >= 11 is 0. The Morgan fingerprint density at radius 2 is 1.86 bits per heavy atom. The number of hydrogen-bond donors (Lipinski definition) is 1. The van der Waals surface area contributed by atoms with Gasteiger partial charge >= 0.3 is 0 Å². The maximum atomic E-state index is 12.1. The monoisotopic (exact) mass is 285 g/mol. The Bertz CT molecular complexity index is 609. The number of nitrogens with one attached hydrogen (secondary N) is 1. The number of rotatable bonds is 6. The smallest absolute Gasteiger partial charge is 0.260 e. The lowest BCUT2D eigenvalue weighted by Crippen LogP contribution is -2.41. The molecule has 2 aromatic carbocycles. The van der Waals surface area contributed by atoms with Crippen LogP contribution in [0.15, 0.2) is 42.5 Å². The predicted octanol–water partition coefficient (Wildman–Crippen LogP) is 3.91. The molecule has 0 aliphatic rings. The summed E-state index contributed by atoms with van der Waals surface area (Å²) in [4.78, 5) is 12.1. The number of benzene rings is 2. The summed E-state index contributed by atoms with van der Waals surface area (Å²) in [5.74, 6) is 0.656. The molecule has 1 amide bonds. The first-order chi connectivity index (χ1) is 10.1. The number of hydrogen-bond acceptors (Lipinski definition) is 2. The van der Waals surface area contributed by atoms with Crippen molar-refractivity contribution in [3.8, 4) is 5.75 Å². The minimum Gasteiger partial charge on any atom is -0.481 e. The first-order valence-electron chi connectivity index (χ1n) is 7.56. The molecule has 2 atom stereocenters. The van der Waals surface area contributed by atoms with Crippen molar-refractivity contribution < 1.29 is 9.53 Å². The Hall–Kier alpha value is -2.03. The Balaban J connectivity index is 2.00. The lowest BCUT2D eigenvalue weighted by molar-refractivity contribution is -0.127. The average molecular weight is 285 g/mol. The van der Waals surface area contributed by atoms with Gasteiger partial charge in [-0.1, -0.05) is 43.7 Å². The standard InChI is InChI=1S/C18H23NO2/c1-4-7-13(2)19-18(20)14(3)21-17-11-10-15-8-5-6-9-16(15)12-17/h5-6,8-14H,4,7H2,1-3H3,(H,19,20)/t13-,14-/m0/s1. The van der Waals surface area contributed by atoms with E-state index in [1.54, 1.807) is 6.92 Å². The zero-order valence-electron chi connectivity index (χ0n) is 12.9. The van der Waals surface area contributed by atoms with Crippen LogP contribution in [0.2, 0.25) is 0 Å². The summed E-state index contributed by atoms with van der Waals surface area (Å²) in [5, 5.41) is 5.25. The van der Waals surface area contributed by atoms with Crippen molar-refractivity contribution in [1.82, 2.24) is 5.32 Å². The summed E-state index contributed by atoms with van der Waals surface area (Å²) in [5.41, 5.74) is 0. The Labute approximate surface area is 126 Å². The summed E-state index contributed by atoms with van der Waals surface area (Å²) in [6.45, 7) is 5.91. The fourth-order valence-corrected chi connectivity index (χ4v) is 2.36. The molecule has 0 aromatic heterocycles. The van der Waals surface area contributed by atoms with Gasteiger partial charge in [-0.2, -0.15) is 0 Å². The van der Waals surface area contributed by atoms with Gasteiger partial charge in [-0.25, -0.2) is 0 Å². The van der Waals surface area contributed by atoms with Crippen LogP contribution in [-0.4, -0.2) is 18.1 Å². The molecule has 0 saturated carbocycles. The molecule has 3 heteroatoms. The van der Waals surface area contributed by atoms with Crippen molar-refractivity contribution >= 4 is 16.7 Å². The van der Waals surface area contributed by atoms with Crippen molar-refractivity contribution in [3.05, 3.63) is 42.5 Å². The summed E-state index contributed by atoms with van der Waals surface area (Å²) < 4.78 is 5.75. The maximum absolute atomic E-state index is 12.1. The van der Waals surface area contributed by atoms with Crippen molar-refractivity contribution in [2.45, 2.75) is 45.8 Å². The lowest BCUT2D eigenvalue weighted by atomic mass is 10.1. The van der Waals surface area contributed by atoms with E-state index in [4.69, 9.17) is 4.74 Å². The van der Waals surface area contributed by atoms with Crippen LogP contribution in [0.1, 0.15) is 33.6 Å². The molecule has 2 rings (SSSR count). The SMILES string of the molecule is CCC[C@H](C)NC(=O)[C@H](C)Oc1ccc2ccccc2c1. The Morgan fingerprint density at radius 3 is 2.57 bits per heavy atom. The molecule has 0 saturated heterocycles. The quantitative estimate of drug-likeness (QED) is 0.873. The third-order valence-corrected chi connectivity index (χ3v) is 3.51. The molecule has 0 spiro atoms. The number of ether oxygens (including phenoxy) is 1. The topological polar surface area (TPSA) is 38.3 Å². The molecule has 21 heavy (non-hydrogen) atoms. The molecule has 0 radical (unpaired) electrons. The predicted molar refractivity (Wildman–Crippen MR) is 86.6 cm³/mol. The van der Waals surface area contributed by atoms with Gasteiger partial charge in [0, 0.05) is 6.04 Å². The fraction of sp³-hybridized carbons (Fsp3) is 0.389. The third kappa shape index (κ3) is 4.22. The molecule has 2 aromatic rings.